The molecule has 8 nitrogen and oxygen atoms in total. The number of carbonyl (C=O) groups is 1. The molecule has 2 aromatic heterocycles. The van der Waals surface area contributed by atoms with Crippen LogP contribution in [0.5, 0.6) is 0 Å². The first kappa shape index (κ1) is 20.1. The lowest BCUT2D eigenvalue weighted by molar-refractivity contribution is 0.0601. The smallest absolute Gasteiger partial charge is 0.337 e. The predicted molar refractivity (Wildman–Crippen MR) is 107 cm³/mol. The third kappa shape index (κ3) is 4.10. The van der Waals surface area contributed by atoms with E-state index < -0.39 is 5.97 Å². The monoisotopic (exact) mass is 402 g/mol. The van der Waals surface area contributed by atoms with Gasteiger partial charge < -0.3 is 19.0 Å². The van der Waals surface area contributed by atoms with Crippen molar-refractivity contribution >= 4 is 28.6 Å². The maximum Gasteiger partial charge on any atom is 0.337 e. The number of carbonyl (C=O) groups excluding carboxylic acids is 1. The van der Waals surface area contributed by atoms with Gasteiger partial charge in [-0.3, -0.25) is 4.79 Å². The molecule has 9 heteroatoms. The average molecular weight is 402 g/mol. The quantitative estimate of drug-likeness (QED) is 0.479. The summed E-state index contributed by atoms with van der Waals surface area (Å²) in [4.78, 5) is 36.0. The van der Waals surface area contributed by atoms with Crippen LogP contribution < -0.4 is 5.56 Å². The molecule has 0 aliphatic rings. The number of nitrogens with zero attached hydrogens (tertiary/aromatic N) is 3. The summed E-state index contributed by atoms with van der Waals surface area (Å²) >= 11 is 1.49. The molecular weight excluding hydrogens is 380 g/mol. The minimum Gasteiger partial charge on any atom is -0.465 e. The van der Waals surface area contributed by atoms with Gasteiger partial charge in [-0.15, -0.1) is 0 Å². The summed E-state index contributed by atoms with van der Waals surface area (Å²) in [5, 5.41) is 1.27. The summed E-state index contributed by atoms with van der Waals surface area (Å²) in [5.74, 6) is 0.489. The Bertz CT molecular complexity index is 1070. The van der Waals surface area contributed by atoms with E-state index in [4.69, 9.17) is 9.47 Å². The van der Waals surface area contributed by atoms with Gasteiger partial charge in [0.1, 0.15) is 5.82 Å². The third-order valence-electron chi connectivity index (χ3n) is 4.46. The second-order valence-electron chi connectivity index (χ2n) is 6.23. The average Bonchev–Trinajstić information content (AvgIpc) is 2.97. The molecule has 1 aromatic carbocycles. The van der Waals surface area contributed by atoms with Gasteiger partial charge in [-0.05, 0) is 32.0 Å². The minimum atomic E-state index is -0.467. The summed E-state index contributed by atoms with van der Waals surface area (Å²) in [6.45, 7) is 5.28. The van der Waals surface area contributed by atoms with Crippen LogP contribution in [0.25, 0.3) is 10.9 Å². The highest BCUT2D eigenvalue weighted by atomic mass is 32.2. The van der Waals surface area contributed by atoms with Gasteiger partial charge >= 0.3 is 5.97 Å². The summed E-state index contributed by atoms with van der Waals surface area (Å²) in [5.41, 5.74) is 2.61. The van der Waals surface area contributed by atoms with E-state index in [9.17, 15) is 9.59 Å². The zero-order valence-electron chi connectivity index (χ0n) is 16.2. The van der Waals surface area contributed by atoms with E-state index in [0.717, 1.165) is 16.5 Å². The Kier molecular flexibility index (Phi) is 6.15. The Labute approximate surface area is 166 Å². The topological polar surface area (TPSA) is 99.1 Å². The fourth-order valence-electron chi connectivity index (χ4n) is 2.81. The van der Waals surface area contributed by atoms with E-state index in [1.165, 1.54) is 18.9 Å². The number of hydrogen-bond donors (Lipinski definition) is 1. The SMILES string of the molecule is COCCn1c(SCc2nc3cc(C(=O)OC)ccc3c(=O)[nH]2)nc(C)c1C. The number of benzene rings is 1. The standard InChI is InChI=1S/C19H22N4O4S/c1-11-12(2)23(7-8-26-3)19(20-11)28-10-16-21-15-9-13(18(25)27-4)5-6-14(15)17(24)22-16/h5-6,9H,7-8,10H2,1-4H3,(H,21,22,24). The van der Waals surface area contributed by atoms with Crippen LogP contribution in [0.4, 0.5) is 0 Å². The van der Waals surface area contributed by atoms with E-state index in [-0.39, 0.29) is 5.56 Å². The molecule has 3 rings (SSSR count). The van der Waals surface area contributed by atoms with E-state index >= 15 is 0 Å². The highest BCUT2D eigenvalue weighted by Gasteiger charge is 2.14. The maximum atomic E-state index is 12.4. The number of hydrogen-bond acceptors (Lipinski definition) is 7. The summed E-state index contributed by atoms with van der Waals surface area (Å²) in [7, 11) is 2.98. The number of thioether (sulfide) groups is 1. The van der Waals surface area contributed by atoms with Crippen molar-refractivity contribution in [3.05, 3.63) is 51.3 Å². The van der Waals surface area contributed by atoms with Crippen molar-refractivity contribution in [2.24, 2.45) is 0 Å². The molecular formula is C19H22N4O4S. The fraction of sp³-hybridized carbons (Fsp3) is 0.368. The fourth-order valence-corrected chi connectivity index (χ4v) is 3.80. The molecule has 0 amide bonds. The predicted octanol–water partition coefficient (Wildman–Crippen LogP) is 2.46. The molecule has 3 aromatic rings. The van der Waals surface area contributed by atoms with Gasteiger partial charge in [-0.1, -0.05) is 11.8 Å². The number of rotatable bonds is 7. The molecule has 0 fully saturated rings. The van der Waals surface area contributed by atoms with Crippen molar-refractivity contribution in [3.8, 4) is 0 Å². The van der Waals surface area contributed by atoms with Gasteiger partial charge in [0, 0.05) is 19.3 Å². The van der Waals surface area contributed by atoms with Crippen LogP contribution >= 0.6 is 11.8 Å². The van der Waals surface area contributed by atoms with Gasteiger partial charge in [0.05, 0.1) is 41.6 Å². The normalized spacial score (nSPS) is 11.1. The number of fused-ring (bicyclic) bond motifs is 1. The van der Waals surface area contributed by atoms with Crippen LogP contribution in [-0.2, 0) is 21.8 Å². The molecule has 2 heterocycles. The summed E-state index contributed by atoms with van der Waals surface area (Å²) < 4.78 is 12.0. The first-order valence-corrected chi connectivity index (χ1v) is 9.70. The molecule has 1 N–H and O–H groups in total. The van der Waals surface area contributed by atoms with E-state index in [1.807, 2.05) is 13.8 Å². The van der Waals surface area contributed by atoms with Crippen molar-refractivity contribution in [1.29, 1.82) is 0 Å². The molecule has 0 spiro atoms. The molecule has 0 saturated carbocycles. The minimum absolute atomic E-state index is 0.243. The van der Waals surface area contributed by atoms with Crippen molar-refractivity contribution in [3.63, 3.8) is 0 Å². The first-order valence-electron chi connectivity index (χ1n) is 8.71. The number of aromatic amines is 1. The molecule has 0 radical (unpaired) electrons. The number of H-pyrrole nitrogens is 1. The second kappa shape index (κ2) is 8.57. The van der Waals surface area contributed by atoms with Crippen LogP contribution in [0.3, 0.4) is 0 Å². The molecule has 0 bridgehead atoms. The summed E-state index contributed by atoms with van der Waals surface area (Å²) in [6.07, 6.45) is 0. The second-order valence-corrected chi connectivity index (χ2v) is 7.18. The van der Waals surface area contributed by atoms with Gasteiger partial charge in [-0.25, -0.2) is 14.8 Å². The first-order chi connectivity index (χ1) is 13.4. The van der Waals surface area contributed by atoms with Crippen LogP contribution in [0.2, 0.25) is 0 Å². The number of esters is 1. The zero-order chi connectivity index (χ0) is 20.3. The lowest BCUT2D eigenvalue weighted by Crippen LogP contribution is -2.12. The Hall–Kier alpha value is -2.65. The van der Waals surface area contributed by atoms with Gasteiger partial charge in [0.2, 0.25) is 0 Å². The van der Waals surface area contributed by atoms with E-state index in [0.29, 0.717) is 41.2 Å². The van der Waals surface area contributed by atoms with E-state index in [1.54, 1.807) is 25.3 Å². The van der Waals surface area contributed by atoms with Crippen LogP contribution in [0, 0.1) is 13.8 Å². The molecule has 0 atom stereocenters. The highest BCUT2D eigenvalue weighted by molar-refractivity contribution is 7.98. The maximum absolute atomic E-state index is 12.4. The van der Waals surface area contributed by atoms with Crippen LogP contribution in [0.15, 0.2) is 28.2 Å². The number of methoxy groups -OCH3 is 2. The Morgan fingerprint density at radius 1 is 1.25 bits per heavy atom. The Morgan fingerprint density at radius 3 is 2.75 bits per heavy atom. The van der Waals surface area contributed by atoms with Gasteiger partial charge in [0.15, 0.2) is 5.16 Å². The summed E-state index contributed by atoms with van der Waals surface area (Å²) in [6, 6.07) is 4.70. The third-order valence-corrected chi connectivity index (χ3v) is 5.44. The lowest BCUT2D eigenvalue weighted by Gasteiger charge is -2.09. The number of nitrogens with one attached hydrogen (secondary N) is 1. The van der Waals surface area contributed by atoms with Crippen LogP contribution in [0.1, 0.15) is 27.6 Å². The number of aryl methyl sites for hydroxylation is 1. The molecule has 148 valence electrons. The molecule has 0 aliphatic heterocycles. The van der Waals surface area contributed by atoms with Crippen molar-refractivity contribution in [2.75, 3.05) is 20.8 Å². The van der Waals surface area contributed by atoms with Crippen molar-refractivity contribution in [2.45, 2.75) is 31.3 Å². The van der Waals surface area contributed by atoms with E-state index in [2.05, 4.69) is 19.5 Å². The molecule has 0 aliphatic carbocycles. The Balaban J connectivity index is 1.88. The number of aromatic nitrogens is 4. The molecule has 0 unspecified atom stereocenters. The zero-order valence-corrected chi connectivity index (χ0v) is 17.1. The molecule has 0 saturated heterocycles. The highest BCUT2D eigenvalue weighted by Crippen LogP contribution is 2.24. The van der Waals surface area contributed by atoms with Crippen molar-refractivity contribution in [1.82, 2.24) is 19.5 Å². The molecule has 28 heavy (non-hydrogen) atoms. The van der Waals surface area contributed by atoms with Crippen LogP contribution in [-0.4, -0.2) is 46.3 Å². The number of ether oxygens (including phenoxy) is 2. The lowest BCUT2D eigenvalue weighted by atomic mass is 10.1. The van der Waals surface area contributed by atoms with Gasteiger partial charge in [-0.2, -0.15) is 0 Å². The van der Waals surface area contributed by atoms with Gasteiger partial charge in [0.25, 0.3) is 5.56 Å². The number of imidazole rings is 1. The van der Waals surface area contributed by atoms with Crippen molar-refractivity contribution < 1.29 is 14.3 Å². The Morgan fingerprint density at radius 2 is 2.04 bits per heavy atom. The largest absolute Gasteiger partial charge is 0.465 e.